The molecule has 0 aliphatic heterocycles. The summed E-state index contributed by atoms with van der Waals surface area (Å²) >= 11 is 0. The van der Waals surface area contributed by atoms with Gasteiger partial charge in [0.1, 0.15) is 11.6 Å². The third-order valence-corrected chi connectivity index (χ3v) is 4.85. The fourth-order valence-electron chi connectivity index (χ4n) is 3.38. The molecule has 3 aromatic carbocycles. The Balaban J connectivity index is 1.48. The molecule has 4 rings (SSSR count). The van der Waals surface area contributed by atoms with Gasteiger partial charge in [0, 0.05) is 11.6 Å². The minimum atomic E-state index is -0.889. The Bertz CT molecular complexity index is 1090. The molecule has 1 aliphatic carbocycles. The summed E-state index contributed by atoms with van der Waals surface area (Å²) in [7, 11) is 1.40. The standard InChI is InChI=1S/C23H17FO4/c1-27-17-8-9-19(21(24)12-17)23(26)28-13-22(25)16-7-6-15-10-14-4-2-3-5-18(14)20(15)11-16/h2-9,11-12H,10,13H2,1H3. The van der Waals surface area contributed by atoms with E-state index in [1.54, 1.807) is 6.07 Å². The number of hydrogen-bond acceptors (Lipinski definition) is 4. The van der Waals surface area contributed by atoms with Gasteiger partial charge in [-0.1, -0.05) is 36.4 Å². The van der Waals surface area contributed by atoms with Crippen LogP contribution in [0.3, 0.4) is 0 Å². The predicted molar refractivity (Wildman–Crippen MR) is 102 cm³/mol. The summed E-state index contributed by atoms with van der Waals surface area (Å²) in [6, 6.07) is 17.4. The van der Waals surface area contributed by atoms with Crippen molar-refractivity contribution in [3.05, 3.63) is 88.7 Å². The van der Waals surface area contributed by atoms with Crippen molar-refractivity contribution in [2.45, 2.75) is 6.42 Å². The fourth-order valence-corrected chi connectivity index (χ4v) is 3.38. The zero-order valence-electron chi connectivity index (χ0n) is 15.2. The van der Waals surface area contributed by atoms with E-state index >= 15 is 0 Å². The second-order valence-corrected chi connectivity index (χ2v) is 6.55. The maximum absolute atomic E-state index is 14.0. The summed E-state index contributed by atoms with van der Waals surface area (Å²) in [5, 5.41) is 0. The first-order chi connectivity index (χ1) is 13.6. The highest BCUT2D eigenvalue weighted by Crippen LogP contribution is 2.36. The normalized spacial score (nSPS) is 11.5. The minimum Gasteiger partial charge on any atom is -0.497 e. The van der Waals surface area contributed by atoms with E-state index in [1.807, 2.05) is 30.3 Å². The van der Waals surface area contributed by atoms with Crippen molar-refractivity contribution in [1.29, 1.82) is 0 Å². The molecule has 0 saturated heterocycles. The Morgan fingerprint density at radius 3 is 2.54 bits per heavy atom. The van der Waals surface area contributed by atoms with Gasteiger partial charge in [-0.05, 0) is 46.9 Å². The second-order valence-electron chi connectivity index (χ2n) is 6.55. The van der Waals surface area contributed by atoms with Crippen molar-refractivity contribution in [1.82, 2.24) is 0 Å². The average Bonchev–Trinajstić information content (AvgIpc) is 3.09. The van der Waals surface area contributed by atoms with E-state index in [0.717, 1.165) is 29.2 Å². The van der Waals surface area contributed by atoms with Crippen LogP contribution in [0.2, 0.25) is 0 Å². The van der Waals surface area contributed by atoms with Gasteiger partial charge in [-0.2, -0.15) is 0 Å². The summed E-state index contributed by atoms with van der Waals surface area (Å²) in [5.74, 6) is -1.69. The Morgan fingerprint density at radius 2 is 1.75 bits per heavy atom. The molecule has 0 fully saturated rings. The topological polar surface area (TPSA) is 52.6 Å². The quantitative estimate of drug-likeness (QED) is 0.382. The molecule has 5 heteroatoms. The number of rotatable bonds is 5. The first kappa shape index (κ1) is 17.9. The summed E-state index contributed by atoms with van der Waals surface area (Å²) in [6.45, 7) is -0.454. The number of esters is 1. The van der Waals surface area contributed by atoms with Crippen molar-refractivity contribution < 1.29 is 23.5 Å². The molecule has 0 radical (unpaired) electrons. The smallest absolute Gasteiger partial charge is 0.341 e. The molecule has 0 bridgehead atoms. The summed E-state index contributed by atoms with van der Waals surface area (Å²) in [5.41, 5.74) is 4.74. The van der Waals surface area contributed by atoms with E-state index in [9.17, 15) is 14.0 Å². The first-order valence-corrected chi connectivity index (χ1v) is 8.82. The van der Waals surface area contributed by atoms with E-state index in [4.69, 9.17) is 9.47 Å². The van der Waals surface area contributed by atoms with Crippen molar-refractivity contribution in [2.24, 2.45) is 0 Å². The molecule has 0 aromatic heterocycles. The number of hydrogen-bond donors (Lipinski definition) is 0. The van der Waals surface area contributed by atoms with Crippen LogP contribution in [0.5, 0.6) is 5.75 Å². The van der Waals surface area contributed by atoms with E-state index in [-0.39, 0.29) is 11.3 Å². The van der Waals surface area contributed by atoms with Crippen LogP contribution in [-0.2, 0) is 11.2 Å². The molecule has 3 aromatic rings. The van der Waals surface area contributed by atoms with E-state index < -0.39 is 18.4 Å². The molecule has 0 unspecified atom stereocenters. The van der Waals surface area contributed by atoms with Crippen LogP contribution in [-0.4, -0.2) is 25.5 Å². The van der Waals surface area contributed by atoms with Gasteiger partial charge in [0.25, 0.3) is 0 Å². The number of fused-ring (bicyclic) bond motifs is 3. The molecule has 28 heavy (non-hydrogen) atoms. The van der Waals surface area contributed by atoms with Crippen LogP contribution in [0.15, 0.2) is 60.7 Å². The van der Waals surface area contributed by atoms with Crippen LogP contribution in [0.1, 0.15) is 31.8 Å². The van der Waals surface area contributed by atoms with Crippen molar-refractivity contribution in [3.8, 4) is 16.9 Å². The Kier molecular flexibility index (Phi) is 4.65. The number of halogens is 1. The number of Topliss-reactive ketones (excluding diaryl/α,β-unsaturated/α-hetero) is 1. The largest absolute Gasteiger partial charge is 0.497 e. The molecule has 0 saturated carbocycles. The summed E-state index contributed by atoms with van der Waals surface area (Å²) in [6.07, 6.45) is 0.839. The van der Waals surface area contributed by atoms with Crippen LogP contribution < -0.4 is 4.74 Å². The third kappa shape index (κ3) is 3.27. The maximum atomic E-state index is 14.0. The molecule has 1 aliphatic rings. The lowest BCUT2D eigenvalue weighted by molar-refractivity contribution is 0.0470. The number of ketones is 1. The lowest BCUT2D eigenvalue weighted by Gasteiger charge is -2.08. The molecule has 0 heterocycles. The van der Waals surface area contributed by atoms with Gasteiger partial charge in [-0.15, -0.1) is 0 Å². The van der Waals surface area contributed by atoms with Gasteiger partial charge < -0.3 is 9.47 Å². The second kappa shape index (κ2) is 7.27. The Labute approximate surface area is 161 Å². The zero-order valence-corrected chi connectivity index (χ0v) is 15.2. The number of carbonyl (C=O) groups excluding carboxylic acids is 2. The molecule has 0 amide bonds. The SMILES string of the molecule is COc1ccc(C(=O)OCC(=O)c2ccc3c(c2)-c2ccccc2C3)c(F)c1. The number of carbonyl (C=O) groups is 2. The van der Waals surface area contributed by atoms with Crippen molar-refractivity contribution in [3.63, 3.8) is 0 Å². The fraction of sp³-hybridized carbons (Fsp3) is 0.130. The molecule has 0 spiro atoms. The van der Waals surface area contributed by atoms with Crippen molar-refractivity contribution in [2.75, 3.05) is 13.7 Å². The van der Waals surface area contributed by atoms with Crippen molar-refractivity contribution >= 4 is 11.8 Å². The zero-order chi connectivity index (χ0) is 19.7. The molecular formula is C23H17FO4. The van der Waals surface area contributed by atoms with Gasteiger partial charge >= 0.3 is 5.97 Å². The summed E-state index contributed by atoms with van der Waals surface area (Å²) in [4.78, 5) is 24.6. The Hall–Kier alpha value is -3.47. The van der Waals surface area contributed by atoms with Crippen LogP contribution in [0.4, 0.5) is 4.39 Å². The molecule has 140 valence electrons. The van der Waals surface area contributed by atoms with E-state index in [0.29, 0.717) is 11.3 Å². The Morgan fingerprint density at radius 1 is 0.964 bits per heavy atom. The van der Waals surface area contributed by atoms with Gasteiger partial charge in [0.05, 0.1) is 12.7 Å². The molecule has 4 nitrogen and oxygen atoms in total. The van der Waals surface area contributed by atoms with Crippen LogP contribution in [0.25, 0.3) is 11.1 Å². The minimum absolute atomic E-state index is 0.239. The van der Waals surface area contributed by atoms with E-state index in [2.05, 4.69) is 6.07 Å². The highest BCUT2D eigenvalue weighted by Gasteiger charge is 2.21. The molecule has 0 atom stereocenters. The van der Waals surface area contributed by atoms with Crippen LogP contribution >= 0.6 is 0 Å². The van der Waals surface area contributed by atoms with E-state index in [1.165, 1.54) is 24.8 Å². The average molecular weight is 376 g/mol. The van der Waals surface area contributed by atoms with Gasteiger partial charge in [0.2, 0.25) is 0 Å². The number of benzene rings is 3. The number of methoxy groups -OCH3 is 1. The third-order valence-electron chi connectivity index (χ3n) is 4.85. The predicted octanol–water partition coefficient (Wildman–Crippen LogP) is 4.45. The first-order valence-electron chi connectivity index (χ1n) is 8.82. The summed E-state index contributed by atoms with van der Waals surface area (Å²) < 4.78 is 23.9. The van der Waals surface area contributed by atoms with Gasteiger partial charge in [0.15, 0.2) is 12.4 Å². The lowest BCUT2D eigenvalue weighted by Crippen LogP contribution is -2.15. The monoisotopic (exact) mass is 376 g/mol. The maximum Gasteiger partial charge on any atom is 0.341 e. The van der Waals surface area contributed by atoms with Gasteiger partial charge in [-0.25, -0.2) is 9.18 Å². The highest BCUT2D eigenvalue weighted by atomic mass is 19.1. The lowest BCUT2D eigenvalue weighted by atomic mass is 10.0. The number of ether oxygens (including phenoxy) is 2. The van der Waals surface area contributed by atoms with Gasteiger partial charge in [-0.3, -0.25) is 4.79 Å². The highest BCUT2D eigenvalue weighted by molar-refractivity contribution is 6.00. The molecule has 0 N–H and O–H groups in total. The van der Waals surface area contributed by atoms with Crippen LogP contribution in [0, 0.1) is 5.82 Å². The molecular weight excluding hydrogens is 359 g/mol.